The Morgan fingerprint density at radius 2 is 1.93 bits per heavy atom. The van der Waals surface area contributed by atoms with Crippen LogP contribution in [0.3, 0.4) is 0 Å². The van der Waals surface area contributed by atoms with Crippen LogP contribution in [0.1, 0.15) is 43.0 Å². The van der Waals surface area contributed by atoms with Crippen LogP contribution in [0, 0.1) is 0 Å². The van der Waals surface area contributed by atoms with Gasteiger partial charge in [0, 0.05) is 44.7 Å². The number of hydrogen-bond donors (Lipinski definition) is 1. The van der Waals surface area contributed by atoms with Gasteiger partial charge in [0.1, 0.15) is 0 Å². The normalized spacial score (nSPS) is 17.9. The Morgan fingerprint density at radius 3 is 2.52 bits per heavy atom. The monoisotopic (exact) mass is 395 g/mol. The van der Waals surface area contributed by atoms with Crippen molar-refractivity contribution in [3.05, 3.63) is 29.8 Å². The molecule has 0 spiro atoms. The average Bonchev–Trinajstić information content (AvgIpc) is 2.67. The number of nitrogens with one attached hydrogen (secondary N) is 1. The summed E-state index contributed by atoms with van der Waals surface area (Å²) in [6.45, 7) is 3.19. The fourth-order valence-corrected chi connectivity index (χ4v) is 4.42. The van der Waals surface area contributed by atoms with Crippen LogP contribution < -0.4 is 5.32 Å². The van der Waals surface area contributed by atoms with Crippen LogP contribution in [0.2, 0.25) is 0 Å². The van der Waals surface area contributed by atoms with E-state index in [0.29, 0.717) is 31.0 Å². The molecule has 1 unspecified atom stereocenters. The first-order chi connectivity index (χ1) is 12.8. The summed E-state index contributed by atoms with van der Waals surface area (Å²) in [5.41, 5.74) is 0.476. The van der Waals surface area contributed by atoms with E-state index >= 15 is 0 Å². The van der Waals surface area contributed by atoms with Crippen LogP contribution in [-0.4, -0.2) is 69.1 Å². The number of carbonyl (C=O) groups excluding carboxylic acids is 2. The molecule has 1 amide bonds. The van der Waals surface area contributed by atoms with E-state index < -0.39 is 10.0 Å². The van der Waals surface area contributed by atoms with Crippen molar-refractivity contribution in [2.75, 3.05) is 33.7 Å². The van der Waals surface area contributed by atoms with Crippen molar-refractivity contribution in [1.29, 1.82) is 0 Å². The first kappa shape index (κ1) is 21.5. The van der Waals surface area contributed by atoms with Gasteiger partial charge in [-0.15, -0.1) is 0 Å². The summed E-state index contributed by atoms with van der Waals surface area (Å²) in [6, 6.07) is 6.25. The molecule has 27 heavy (non-hydrogen) atoms. The Morgan fingerprint density at radius 1 is 1.26 bits per heavy atom. The third-order valence-corrected chi connectivity index (χ3v) is 6.89. The Kier molecular flexibility index (Phi) is 7.52. The van der Waals surface area contributed by atoms with E-state index in [4.69, 9.17) is 0 Å². The number of rotatable bonds is 8. The molecule has 0 aliphatic carbocycles. The van der Waals surface area contributed by atoms with Crippen LogP contribution >= 0.6 is 0 Å². The largest absolute Gasteiger partial charge is 0.341 e. The number of amides is 1. The zero-order valence-electron chi connectivity index (χ0n) is 16.3. The number of benzene rings is 1. The number of Topliss-reactive ketones (excluding diaryl/α,β-unsaturated/α-hetero) is 1. The average molecular weight is 396 g/mol. The minimum absolute atomic E-state index is 0.0755. The highest BCUT2D eigenvalue weighted by atomic mass is 32.2. The van der Waals surface area contributed by atoms with Gasteiger partial charge in [0.2, 0.25) is 15.9 Å². The van der Waals surface area contributed by atoms with E-state index in [1.54, 1.807) is 0 Å². The molecule has 0 radical (unpaired) electrons. The molecule has 7 nitrogen and oxygen atoms in total. The number of likely N-dealkylation sites (N-methyl/N-ethyl adjacent to an activating group) is 1. The Labute approximate surface area is 161 Å². The van der Waals surface area contributed by atoms with Gasteiger partial charge in [0.15, 0.2) is 5.78 Å². The third-order valence-electron chi connectivity index (χ3n) is 5.02. The zero-order valence-corrected chi connectivity index (χ0v) is 17.1. The quantitative estimate of drug-likeness (QED) is 0.674. The first-order valence-corrected chi connectivity index (χ1v) is 10.7. The van der Waals surface area contributed by atoms with Crippen molar-refractivity contribution in [3.63, 3.8) is 0 Å². The number of piperidine rings is 1. The Balaban J connectivity index is 1.87. The van der Waals surface area contributed by atoms with Gasteiger partial charge in [0.25, 0.3) is 0 Å². The number of nitrogens with zero attached hydrogens (tertiary/aromatic N) is 2. The highest BCUT2D eigenvalue weighted by Gasteiger charge is 2.24. The van der Waals surface area contributed by atoms with Crippen LogP contribution in [-0.2, 0) is 14.8 Å². The summed E-state index contributed by atoms with van der Waals surface area (Å²) < 4.78 is 26.5. The molecule has 1 aromatic carbocycles. The third kappa shape index (κ3) is 5.60. The van der Waals surface area contributed by atoms with E-state index in [1.807, 2.05) is 11.9 Å². The fraction of sp³-hybridized carbons (Fsp3) is 0.579. The summed E-state index contributed by atoms with van der Waals surface area (Å²) >= 11 is 0. The van der Waals surface area contributed by atoms with Gasteiger partial charge in [-0.1, -0.05) is 12.1 Å². The minimum Gasteiger partial charge on any atom is -0.341 e. The van der Waals surface area contributed by atoms with E-state index in [0.717, 1.165) is 19.4 Å². The number of carbonyl (C=O) groups is 2. The lowest BCUT2D eigenvalue weighted by Crippen LogP contribution is -2.47. The van der Waals surface area contributed by atoms with Crippen molar-refractivity contribution < 1.29 is 18.0 Å². The highest BCUT2D eigenvalue weighted by Crippen LogP contribution is 2.17. The van der Waals surface area contributed by atoms with Crippen molar-refractivity contribution in [3.8, 4) is 0 Å². The van der Waals surface area contributed by atoms with Gasteiger partial charge in [-0.25, -0.2) is 12.7 Å². The van der Waals surface area contributed by atoms with E-state index in [-0.39, 0.29) is 23.1 Å². The van der Waals surface area contributed by atoms with Crippen LogP contribution in [0.15, 0.2) is 29.2 Å². The van der Waals surface area contributed by atoms with Crippen molar-refractivity contribution in [2.24, 2.45) is 0 Å². The molecule has 8 heteroatoms. The van der Waals surface area contributed by atoms with Gasteiger partial charge in [0.05, 0.1) is 4.90 Å². The van der Waals surface area contributed by atoms with Crippen LogP contribution in [0.5, 0.6) is 0 Å². The van der Waals surface area contributed by atoms with Crippen LogP contribution in [0.4, 0.5) is 0 Å². The zero-order chi connectivity index (χ0) is 20.0. The predicted octanol–water partition coefficient (Wildman–Crippen LogP) is 1.50. The number of ketones is 1. The highest BCUT2D eigenvalue weighted by molar-refractivity contribution is 7.89. The molecule has 0 bridgehead atoms. The number of sulfonamides is 1. The second-order valence-corrected chi connectivity index (χ2v) is 9.02. The molecule has 1 heterocycles. The molecule has 1 atom stereocenters. The van der Waals surface area contributed by atoms with Gasteiger partial charge in [-0.3, -0.25) is 9.59 Å². The number of likely N-dealkylation sites (tertiary alicyclic amines) is 1. The van der Waals surface area contributed by atoms with E-state index in [2.05, 4.69) is 5.32 Å². The minimum atomic E-state index is -3.63. The van der Waals surface area contributed by atoms with Crippen molar-refractivity contribution >= 4 is 21.7 Å². The summed E-state index contributed by atoms with van der Waals surface area (Å²) in [4.78, 5) is 25.7. The molecule has 150 valence electrons. The molecule has 2 rings (SSSR count). The Hall–Kier alpha value is -1.77. The molecule has 1 aromatic rings. The Bertz CT molecular complexity index is 762. The second kappa shape index (κ2) is 9.43. The summed E-state index contributed by atoms with van der Waals surface area (Å²) in [5.74, 6) is -0.0319. The number of hydrogen-bond acceptors (Lipinski definition) is 5. The summed E-state index contributed by atoms with van der Waals surface area (Å²) in [7, 11) is -0.215. The fourth-order valence-electron chi connectivity index (χ4n) is 3.21. The molecule has 1 saturated heterocycles. The van der Waals surface area contributed by atoms with Gasteiger partial charge < -0.3 is 10.2 Å². The standard InChI is InChI=1S/C19H29N3O4S/c1-15(23)16-8-10-18(11-9-16)27(25,26)21(3)12-5-7-19(24)22-13-4-6-17(14-22)20-2/h8-11,17,20H,4-7,12-14H2,1-3H3. The maximum absolute atomic E-state index is 12.6. The SMILES string of the molecule is CNC1CCCN(C(=O)CCCN(C)S(=O)(=O)c2ccc(C(C)=O)cc2)C1. The molecule has 0 aromatic heterocycles. The maximum atomic E-state index is 12.6. The molecule has 1 fully saturated rings. The van der Waals surface area contributed by atoms with Gasteiger partial charge in [-0.2, -0.15) is 0 Å². The molecule has 0 saturated carbocycles. The molecule has 1 aliphatic heterocycles. The first-order valence-electron chi connectivity index (χ1n) is 9.28. The molecular formula is C19H29N3O4S. The lowest BCUT2D eigenvalue weighted by atomic mass is 10.1. The van der Waals surface area contributed by atoms with E-state index in [9.17, 15) is 18.0 Å². The van der Waals surface area contributed by atoms with Crippen molar-refractivity contribution in [2.45, 2.75) is 43.5 Å². The lowest BCUT2D eigenvalue weighted by molar-refractivity contribution is -0.132. The molecule has 1 N–H and O–H groups in total. The lowest BCUT2D eigenvalue weighted by Gasteiger charge is -2.32. The second-order valence-electron chi connectivity index (χ2n) is 6.98. The van der Waals surface area contributed by atoms with E-state index in [1.165, 1.54) is 42.5 Å². The van der Waals surface area contributed by atoms with Gasteiger partial charge >= 0.3 is 0 Å². The van der Waals surface area contributed by atoms with Crippen LogP contribution in [0.25, 0.3) is 0 Å². The predicted molar refractivity (Wildman–Crippen MR) is 104 cm³/mol. The van der Waals surface area contributed by atoms with Gasteiger partial charge in [-0.05, 0) is 45.4 Å². The summed E-state index contributed by atoms with van der Waals surface area (Å²) in [5, 5.41) is 3.21. The topological polar surface area (TPSA) is 86.8 Å². The van der Waals surface area contributed by atoms with Crippen molar-refractivity contribution in [1.82, 2.24) is 14.5 Å². The smallest absolute Gasteiger partial charge is 0.242 e. The maximum Gasteiger partial charge on any atom is 0.242 e. The summed E-state index contributed by atoms with van der Waals surface area (Å²) in [6.07, 6.45) is 2.87. The molecule has 1 aliphatic rings. The molecular weight excluding hydrogens is 366 g/mol.